The van der Waals surface area contributed by atoms with Gasteiger partial charge in [0.1, 0.15) is 0 Å². The van der Waals surface area contributed by atoms with Gasteiger partial charge in [0.15, 0.2) is 5.82 Å². The Hall–Kier alpha value is -3.70. The Morgan fingerprint density at radius 2 is 1.89 bits per heavy atom. The molecule has 2 aromatic heterocycles. The van der Waals surface area contributed by atoms with Crippen molar-refractivity contribution in [1.82, 2.24) is 24.6 Å². The average Bonchev–Trinajstić information content (AvgIpc) is 3.29. The van der Waals surface area contributed by atoms with Crippen LogP contribution in [-0.4, -0.2) is 67.8 Å². The maximum Gasteiger partial charge on any atom is 0.255 e. The molecule has 0 spiro atoms. The summed E-state index contributed by atoms with van der Waals surface area (Å²) in [4.78, 5) is 22.1. The van der Waals surface area contributed by atoms with Gasteiger partial charge in [-0.25, -0.2) is 4.98 Å². The largest absolute Gasteiger partial charge is 0.493 e. The lowest BCUT2D eigenvalue weighted by Crippen LogP contribution is -2.51. The van der Waals surface area contributed by atoms with Crippen LogP contribution in [0.2, 0.25) is 0 Å². The molecule has 0 bridgehead atoms. The van der Waals surface area contributed by atoms with E-state index in [4.69, 9.17) is 5.26 Å². The Bertz CT molecular complexity index is 1250. The van der Waals surface area contributed by atoms with Gasteiger partial charge in [-0.1, -0.05) is 12.5 Å². The van der Waals surface area contributed by atoms with Crippen molar-refractivity contribution in [2.24, 2.45) is 0 Å². The highest BCUT2D eigenvalue weighted by molar-refractivity contribution is 5.94. The number of carbonyl (C=O) groups is 1. The van der Waals surface area contributed by atoms with E-state index in [1.54, 1.807) is 42.7 Å². The monoisotopic (exact) mass is 470 g/mol. The topological polar surface area (TPSA) is 98.3 Å². The number of amides is 1. The molecule has 1 aromatic carbocycles. The standard InChI is InChI=1S/C27H30N6O2/c1-19-14-20(15-28)7-9-23(19)24-17-30-33(27(24)35)25-10-8-21(16-29-25)26(34)32-13-5-6-22(18-32)31-11-3-2-4-12-31/h7-10,14,16-17,22,35H,2-6,11-13,18H2,1H3. The molecule has 3 aromatic rings. The summed E-state index contributed by atoms with van der Waals surface area (Å²) in [5.41, 5.74) is 3.34. The fourth-order valence-electron chi connectivity index (χ4n) is 5.28. The van der Waals surface area contributed by atoms with Crippen LogP contribution < -0.4 is 0 Å². The van der Waals surface area contributed by atoms with Crippen LogP contribution in [0.4, 0.5) is 0 Å². The van der Waals surface area contributed by atoms with Crippen LogP contribution in [0.1, 0.15) is 53.6 Å². The van der Waals surface area contributed by atoms with Crippen LogP contribution in [-0.2, 0) is 0 Å². The normalized spacial score (nSPS) is 18.9. The van der Waals surface area contributed by atoms with Gasteiger partial charge in [0, 0.05) is 25.3 Å². The number of hydrogen-bond donors (Lipinski definition) is 1. The number of benzene rings is 1. The average molecular weight is 471 g/mol. The molecule has 8 heteroatoms. The van der Waals surface area contributed by atoms with Crippen molar-refractivity contribution < 1.29 is 9.90 Å². The van der Waals surface area contributed by atoms with Crippen LogP contribution in [0, 0.1) is 18.3 Å². The first-order valence-electron chi connectivity index (χ1n) is 12.3. The minimum atomic E-state index is -0.0372. The number of hydrogen-bond acceptors (Lipinski definition) is 6. The summed E-state index contributed by atoms with van der Waals surface area (Å²) in [7, 11) is 0. The lowest BCUT2D eigenvalue weighted by Gasteiger charge is -2.41. The fraction of sp³-hybridized carbons (Fsp3) is 0.407. The molecule has 35 heavy (non-hydrogen) atoms. The van der Waals surface area contributed by atoms with Crippen LogP contribution >= 0.6 is 0 Å². The van der Waals surface area contributed by atoms with E-state index in [0.717, 1.165) is 50.1 Å². The SMILES string of the molecule is Cc1cc(C#N)ccc1-c1cnn(-c2ccc(C(=O)N3CCCC(N4CCCCC4)C3)cn2)c1O. The minimum Gasteiger partial charge on any atom is -0.493 e. The summed E-state index contributed by atoms with van der Waals surface area (Å²) >= 11 is 0. The Morgan fingerprint density at radius 3 is 2.60 bits per heavy atom. The van der Waals surface area contributed by atoms with Gasteiger partial charge in [-0.2, -0.15) is 15.0 Å². The zero-order valence-electron chi connectivity index (χ0n) is 20.0. The molecule has 180 valence electrons. The maximum atomic E-state index is 13.2. The fourth-order valence-corrected chi connectivity index (χ4v) is 5.28. The minimum absolute atomic E-state index is 0.00402. The molecule has 0 radical (unpaired) electrons. The molecule has 0 saturated carbocycles. The van der Waals surface area contributed by atoms with E-state index in [1.165, 1.54) is 23.9 Å². The third-order valence-electron chi connectivity index (χ3n) is 7.19. The summed E-state index contributed by atoms with van der Waals surface area (Å²) in [6, 6.07) is 11.3. The molecular weight excluding hydrogens is 440 g/mol. The molecule has 2 saturated heterocycles. The number of aryl methyl sites for hydroxylation is 1. The summed E-state index contributed by atoms with van der Waals surface area (Å²) in [5.74, 6) is 0.399. The third kappa shape index (κ3) is 4.64. The molecule has 1 atom stereocenters. The second-order valence-electron chi connectivity index (χ2n) is 9.48. The summed E-state index contributed by atoms with van der Waals surface area (Å²) in [6.07, 6.45) is 9.14. The highest BCUT2D eigenvalue weighted by atomic mass is 16.3. The zero-order chi connectivity index (χ0) is 24.4. The number of aromatic hydroxyl groups is 1. The number of nitrogens with zero attached hydrogens (tertiary/aromatic N) is 6. The molecular formula is C27H30N6O2. The van der Waals surface area contributed by atoms with Crippen molar-refractivity contribution in [1.29, 1.82) is 5.26 Å². The van der Waals surface area contributed by atoms with Crippen molar-refractivity contribution >= 4 is 5.91 Å². The molecule has 5 rings (SSSR count). The van der Waals surface area contributed by atoms with E-state index in [1.807, 2.05) is 11.8 Å². The summed E-state index contributed by atoms with van der Waals surface area (Å²) < 4.78 is 1.36. The molecule has 0 aliphatic carbocycles. The number of piperidine rings is 2. The molecule has 4 heterocycles. The lowest BCUT2D eigenvalue weighted by molar-refractivity contribution is 0.0537. The van der Waals surface area contributed by atoms with Gasteiger partial charge in [-0.3, -0.25) is 9.69 Å². The first-order valence-corrected chi connectivity index (χ1v) is 12.3. The summed E-state index contributed by atoms with van der Waals surface area (Å²) in [6.45, 7) is 5.72. The Kier molecular flexibility index (Phi) is 6.51. The van der Waals surface area contributed by atoms with Crippen molar-refractivity contribution in [3.05, 3.63) is 59.4 Å². The second-order valence-corrected chi connectivity index (χ2v) is 9.48. The van der Waals surface area contributed by atoms with Crippen molar-refractivity contribution in [2.75, 3.05) is 26.2 Å². The molecule has 2 aliphatic rings. The predicted octanol–water partition coefficient (Wildman–Crippen LogP) is 3.91. The van der Waals surface area contributed by atoms with E-state index < -0.39 is 0 Å². The van der Waals surface area contributed by atoms with Gasteiger partial charge in [0.25, 0.3) is 5.91 Å². The maximum absolute atomic E-state index is 13.2. The van der Waals surface area contributed by atoms with Crippen LogP contribution in [0.5, 0.6) is 5.88 Å². The molecule has 2 aliphatic heterocycles. The number of aromatic nitrogens is 3. The zero-order valence-corrected chi connectivity index (χ0v) is 20.0. The molecule has 8 nitrogen and oxygen atoms in total. The van der Waals surface area contributed by atoms with Gasteiger partial charge >= 0.3 is 0 Å². The number of carbonyl (C=O) groups excluding carboxylic acids is 1. The Balaban J connectivity index is 1.31. The van der Waals surface area contributed by atoms with Crippen molar-refractivity contribution in [3.8, 4) is 28.9 Å². The van der Waals surface area contributed by atoms with E-state index in [9.17, 15) is 9.90 Å². The van der Waals surface area contributed by atoms with Gasteiger partial charge in [0.2, 0.25) is 5.88 Å². The predicted molar refractivity (Wildman–Crippen MR) is 132 cm³/mol. The number of rotatable bonds is 4. The lowest BCUT2D eigenvalue weighted by atomic mass is 10.00. The number of nitriles is 1. The highest BCUT2D eigenvalue weighted by Gasteiger charge is 2.29. The molecule has 1 N–H and O–H groups in total. The van der Waals surface area contributed by atoms with Crippen molar-refractivity contribution in [3.63, 3.8) is 0 Å². The van der Waals surface area contributed by atoms with Crippen LogP contribution in [0.3, 0.4) is 0 Å². The smallest absolute Gasteiger partial charge is 0.255 e. The Morgan fingerprint density at radius 1 is 1.06 bits per heavy atom. The van der Waals surface area contributed by atoms with E-state index in [-0.39, 0.29) is 11.8 Å². The first-order chi connectivity index (χ1) is 17.0. The number of pyridine rings is 1. The van der Waals surface area contributed by atoms with Crippen LogP contribution in [0.25, 0.3) is 16.9 Å². The Labute approximate surface area is 205 Å². The number of likely N-dealkylation sites (tertiary alicyclic amines) is 2. The first kappa shape index (κ1) is 23.1. The van der Waals surface area contributed by atoms with Gasteiger partial charge < -0.3 is 10.0 Å². The third-order valence-corrected chi connectivity index (χ3v) is 7.19. The molecule has 1 amide bonds. The quantitative estimate of drug-likeness (QED) is 0.621. The van der Waals surface area contributed by atoms with Crippen molar-refractivity contribution in [2.45, 2.75) is 45.1 Å². The van der Waals surface area contributed by atoms with Gasteiger partial charge in [-0.05, 0) is 81.1 Å². The summed E-state index contributed by atoms with van der Waals surface area (Å²) in [5, 5.41) is 24.2. The van der Waals surface area contributed by atoms with Gasteiger partial charge in [0.05, 0.1) is 29.0 Å². The van der Waals surface area contributed by atoms with E-state index >= 15 is 0 Å². The molecule has 2 fully saturated rings. The van der Waals surface area contributed by atoms with E-state index in [2.05, 4.69) is 21.1 Å². The van der Waals surface area contributed by atoms with Crippen LogP contribution in [0.15, 0.2) is 42.7 Å². The van der Waals surface area contributed by atoms with Gasteiger partial charge in [-0.15, -0.1) is 0 Å². The second kappa shape index (κ2) is 9.88. The van der Waals surface area contributed by atoms with E-state index in [0.29, 0.717) is 28.6 Å². The highest BCUT2D eigenvalue weighted by Crippen LogP contribution is 2.33. The molecule has 1 unspecified atom stereocenters.